The van der Waals surface area contributed by atoms with Gasteiger partial charge in [-0.3, -0.25) is 0 Å². The van der Waals surface area contributed by atoms with Crippen molar-refractivity contribution in [2.75, 3.05) is 12.8 Å². The number of anilines is 1. The average molecular weight is 237 g/mol. The summed E-state index contributed by atoms with van der Waals surface area (Å²) in [7, 11) is 1.60. The highest BCUT2D eigenvalue weighted by molar-refractivity contribution is 7.99. The lowest BCUT2D eigenvalue weighted by molar-refractivity contribution is 0.414. The quantitative estimate of drug-likeness (QED) is 0.824. The van der Waals surface area contributed by atoms with Crippen molar-refractivity contribution in [1.82, 2.24) is 10.2 Å². The van der Waals surface area contributed by atoms with Crippen molar-refractivity contribution < 1.29 is 9.15 Å². The van der Waals surface area contributed by atoms with E-state index in [2.05, 4.69) is 10.2 Å². The molecular weight excluding hydrogens is 226 g/mol. The van der Waals surface area contributed by atoms with E-state index in [4.69, 9.17) is 14.9 Å². The first-order chi connectivity index (χ1) is 7.69. The highest BCUT2D eigenvalue weighted by Gasteiger charge is 2.08. The number of hydrogen-bond acceptors (Lipinski definition) is 6. The standard InChI is InChI=1S/C10H11N3O2S/c1-6-12-13-10(15-6)16-9-4-3-7(14-2)5-8(9)11/h3-5H,11H2,1-2H3. The molecule has 0 saturated carbocycles. The molecule has 0 bridgehead atoms. The van der Waals surface area contributed by atoms with Crippen LogP contribution in [-0.2, 0) is 0 Å². The molecule has 0 amide bonds. The second kappa shape index (κ2) is 4.44. The Morgan fingerprint density at radius 3 is 2.75 bits per heavy atom. The summed E-state index contributed by atoms with van der Waals surface area (Å²) < 4.78 is 10.3. The van der Waals surface area contributed by atoms with Crippen LogP contribution >= 0.6 is 11.8 Å². The van der Waals surface area contributed by atoms with Gasteiger partial charge in [-0.1, -0.05) is 0 Å². The van der Waals surface area contributed by atoms with Crippen molar-refractivity contribution in [1.29, 1.82) is 0 Å². The number of nitrogens with zero attached hydrogens (tertiary/aromatic N) is 2. The van der Waals surface area contributed by atoms with Gasteiger partial charge in [0.05, 0.1) is 7.11 Å². The number of aryl methyl sites for hydroxylation is 1. The summed E-state index contributed by atoms with van der Waals surface area (Å²) in [6.07, 6.45) is 0. The van der Waals surface area contributed by atoms with Crippen molar-refractivity contribution in [3.63, 3.8) is 0 Å². The molecule has 2 aromatic rings. The highest BCUT2D eigenvalue weighted by Crippen LogP contribution is 2.33. The summed E-state index contributed by atoms with van der Waals surface area (Å²) in [6, 6.07) is 5.45. The van der Waals surface area contributed by atoms with Gasteiger partial charge in [-0.05, 0) is 23.9 Å². The Hall–Kier alpha value is -1.69. The van der Waals surface area contributed by atoms with Crippen LogP contribution in [0.2, 0.25) is 0 Å². The minimum Gasteiger partial charge on any atom is -0.497 e. The number of methoxy groups -OCH3 is 1. The summed E-state index contributed by atoms with van der Waals surface area (Å²) in [6.45, 7) is 1.74. The van der Waals surface area contributed by atoms with E-state index in [9.17, 15) is 0 Å². The van der Waals surface area contributed by atoms with Gasteiger partial charge in [0, 0.05) is 23.6 Å². The van der Waals surface area contributed by atoms with Crippen LogP contribution in [0.5, 0.6) is 5.75 Å². The van der Waals surface area contributed by atoms with Crippen LogP contribution in [-0.4, -0.2) is 17.3 Å². The second-order valence-corrected chi connectivity index (χ2v) is 4.09. The zero-order chi connectivity index (χ0) is 11.5. The number of rotatable bonds is 3. The molecule has 84 valence electrons. The first-order valence-electron chi connectivity index (χ1n) is 4.60. The third-order valence-corrected chi connectivity index (χ3v) is 2.85. The van der Waals surface area contributed by atoms with Gasteiger partial charge >= 0.3 is 0 Å². The zero-order valence-corrected chi connectivity index (χ0v) is 9.75. The van der Waals surface area contributed by atoms with Crippen LogP contribution in [0.1, 0.15) is 5.89 Å². The number of aromatic nitrogens is 2. The molecule has 0 radical (unpaired) electrons. The molecule has 6 heteroatoms. The lowest BCUT2D eigenvalue weighted by atomic mass is 10.3. The fourth-order valence-corrected chi connectivity index (χ4v) is 1.91. The van der Waals surface area contributed by atoms with Gasteiger partial charge in [-0.15, -0.1) is 10.2 Å². The largest absolute Gasteiger partial charge is 0.497 e. The van der Waals surface area contributed by atoms with Crippen LogP contribution in [0.4, 0.5) is 5.69 Å². The molecule has 16 heavy (non-hydrogen) atoms. The summed E-state index contributed by atoms with van der Waals surface area (Å²) >= 11 is 1.33. The molecule has 0 aliphatic rings. The maximum absolute atomic E-state index is 5.86. The van der Waals surface area contributed by atoms with Gasteiger partial charge in [0.2, 0.25) is 5.89 Å². The van der Waals surface area contributed by atoms with E-state index < -0.39 is 0 Å². The van der Waals surface area contributed by atoms with E-state index in [0.29, 0.717) is 16.8 Å². The van der Waals surface area contributed by atoms with E-state index in [0.717, 1.165) is 10.6 Å². The molecule has 0 aliphatic carbocycles. The molecule has 1 aromatic carbocycles. The fourth-order valence-electron chi connectivity index (χ4n) is 1.16. The zero-order valence-electron chi connectivity index (χ0n) is 8.93. The molecule has 1 aromatic heterocycles. The molecule has 2 rings (SSSR count). The lowest BCUT2D eigenvalue weighted by Crippen LogP contribution is -1.90. The molecule has 0 atom stereocenters. The van der Waals surface area contributed by atoms with Crippen molar-refractivity contribution >= 4 is 17.4 Å². The molecule has 0 spiro atoms. The monoisotopic (exact) mass is 237 g/mol. The predicted molar refractivity (Wildman–Crippen MR) is 60.6 cm³/mol. The number of ether oxygens (including phenoxy) is 1. The third-order valence-electron chi connectivity index (χ3n) is 1.92. The van der Waals surface area contributed by atoms with Crippen molar-refractivity contribution in [3.05, 3.63) is 24.1 Å². The summed E-state index contributed by atoms with van der Waals surface area (Å²) in [5.74, 6) is 1.26. The fraction of sp³-hybridized carbons (Fsp3) is 0.200. The molecule has 1 heterocycles. The summed E-state index contributed by atoms with van der Waals surface area (Å²) in [4.78, 5) is 0.865. The maximum atomic E-state index is 5.86. The van der Waals surface area contributed by atoms with Crippen molar-refractivity contribution in [3.8, 4) is 5.75 Å². The van der Waals surface area contributed by atoms with Crippen LogP contribution < -0.4 is 10.5 Å². The Labute approximate surface area is 97.0 Å². The Bertz CT molecular complexity index is 499. The van der Waals surface area contributed by atoms with Gasteiger partial charge in [0.1, 0.15) is 5.75 Å². The average Bonchev–Trinajstić information content (AvgIpc) is 2.67. The van der Waals surface area contributed by atoms with E-state index in [-0.39, 0.29) is 0 Å². The molecule has 2 N–H and O–H groups in total. The summed E-state index contributed by atoms with van der Waals surface area (Å²) in [5.41, 5.74) is 6.49. The third kappa shape index (κ3) is 2.27. The highest BCUT2D eigenvalue weighted by atomic mass is 32.2. The van der Waals surface area contributed by atoms with E-state index in [1.807, 2.05) is 12.1 Å². The minimum absolute atomic E-state index is 0.481. The Morgan fingerprint density at radius 2 is 2.19 bits per heavy atom. The van der Waals surface area contributed by atoms with Crippen LogP contribution in [0, 0.1) is 6.92 Å². The smallest absolute Gasteiger partial charge is 0.281 e. The number of hydrogen-bond donors (Lipinski definition) is 1. The molecule has 0 aliphatic heterocycles. The van der Waals surface area contributed by atoms with Gasteiger partial charge in [-0.2, -0.15) is 0 Å². The normalized spacial score (nSPS) is 10.4. The molecule has 0 saturated heterocycles. The van der Waals surface area contributed by atoms with E-state index in [1.165, 1.54) is 11.8 Å². The predicted octanol–water partition coefficient (Wildman–Crippen LogP) is 2.12. The number of nitrogen functional groups attached to an aromatic ring is 1. The van der Waals surface area contributed by atoms with Gasteiger partial charge in [-0.25, -0.2) is 0 Å². The first-order valence-corrected chi connectivity index (χ1v) is 5.42. The maximum Gasteiger partial charge on any atom is 0.281 e. The minimum atomic E-state index is 0.481. The Balaban J connectivity index is 2.21. The number of nitrogens with two attached hydrogens (primary N) is 1. The van der Waals surface area contributed by atoms with Gasteiger partial charge in [0.15, 0.2) is 0 Å². The summed E-state index contributed by atoms with van der Waals surface area (Å²) in [5, 5.41) is 8.11. The molecule has 0 fully saturated rings. The van der Waals surface area contributed by atoms with Crippen LogP contribution in [0.15, 0.2) is 32.7 Å². The molecule has 0 unspecified atom stereocenters. The van der Waals surface area contributed by atoms with Gasteiger partial charge < -0.3 is 14.9 Å². The van der Waals surface area contributed by atoms with Crippen LogP contribution in [0.3, 0.4) is 0 Å². The van der Waals surface area contributed by atoms with Gasteiger partial charge in [0.25, 0.3) is 5.22 Å². The second-order valence-electron chi connectivity index (χ2n) is 3.09. The number of benzene rings is 1. The SMILES string of the molecule is COc1ccc(Sc2nnc(C)o2)c(N)c1. The molecule has 5 nitrogen and oxygen atoms in total. The van der Waals surface area contributed by atoms with Crippen molar-refractivity contribution in [2.45, 2.75) is 17.0 Å². The van der Waals surface area contributed by atoms with Crippen molar-refractivity contribution in [2.24, 2.45) is 0 Å². The first kappa shape index (κ1) is 10.8. The Morgan fingerprint density at radius 1 is 1.38 bits per heavy atom. The molecular formula is C10H11N3O2S. The Kier molecular flexibility index (Phi) is 3.00. The van der Waals surface area contributed by atoms with E-state index >= 15 is 0 Å². The van der Waals surface area contributed by atoms with Crippen LogP contribution in [0.25, 0.3) is 0 Å². The van der Waals surface area contributed by atoms with E-state index in [1.54, 1.807) is 20.1 Å². The lowest BCUT2D eigenvalue weighted by Gasteiger charge is -2.04. The topological polar surface area (TPSA) is 74.2 Å².